The summed E-state index contributed by atoms with van der Waals surface area (Å²) in [7, 11) is 0. The molecule has 4 atom stereocenters. The first-order valence-electron chi connectivity index (χ1n) is 6.59. The highest BCUT2D eigenvalue weighted by Gasteiger charge is 2.29. The van der Waals surface area contributed by atoms with Gasteiger partial charge in [-0.3, -0.25) is 0 Å². The molecule has 0 spiro atoms. The summed E-state index contributed by atoms with van der Waals surface area (Å²) in [5.41, 5.74) is 7.57. The van der Waals surface area contributed by atoms with Crippen molar-refractivity contribution in [2.45, 2.75) is 39.2 Å². The molecule has 1 aliphatic rings. The van der Waals surface area contributed by atoms with Crippen molar-refractivity contribution < 1.29 is 0 Å². The van der Waals surface area contributed by atoms with Crippen LogP contribution in [0.4, 0.5) is 0 Å². The van der Waals surface area contributed by atoms with E-state index in [-0.39, 0.29) is 6.04 Å². The van der Waals surface area contributed by atoms with Crippen LogP contribution in [0.25, 0.3) is 0 Å². The van der Waals surface area contributed by atoms with Gasteiger partial charge in [-0.25, -0.2) is 0 Å². The summed E-state index contributed by atoms with van der Waals surface area (Å²) in [6.45, 7) is 4.70. The highest BCUT2D eigenvalue weighted by atomic mass is 35.5. The second-order valence-electron chi connectivity index (χ2n) is 5.61. The zero-order chi connectivity index (χ0) is 12.4. The Hall–Kier alpha value is -0.530. The van der Waals surface area contributed by atoms with Gasteiger partial charge in [0.25, 0.3) is 0 Å². The average molecular weight is 252 g/mol. The summed E-state index contributed by atoms with van der Waals surface area (Å²) >= 11 is 6.02. The lowest BCUT2D eigenvalue weighted by molar-refractivity contribution is 0.186. The minimum Gasteiger partial charge on any atom is -0.324 e. The Balaban J connectivity index is 2.07. The van der Waals surface area contributed by atoms with Crippen molar-refractivity contribution in [3.05, 3.63) is 34.9 Å². The van der Waals surface area contributed by atoms with Crippen LogP contribution in [-0.2, 0) is 0 Å². The van der Waals surface area contributed by atoms with Crippen LogP contribution in [0, 0.1) is 17.8 Å². The van der Waals surface area contributed by atoms with Gasteiger partial charge in [-0.05, 0) is 48.3 Å². The minimum atomic E-state index is 0.142. The molecule has 1 aromatic rings. The zero-order valence-corrected chi connectivity index (χ0v) is 11.5. The van der Waals surface area contributed by atoms with E-state index in [9.17, 15) is 0 Å². The Morgan fingerprint density at radius 3 is 2.65 bits per heavy atom. The third kappa shape index (κ3) is 3.02. The molecule has 0 heterocycles. The molecule has 1 fully saturated rings. The lowest BCUT2D eigenvalue weighted by Gasteiger charge is -2.35. The van der Waals surface area contributed by atoms with Crippen molar-refractivity contribution in [2.24, 2.45) is 23.5 Å². The number of nitrogens with two attached hydrogens (primary N) is 1. The van der Waals surface area contributed by atoms with Crippen LogP contribution in [0.1, 0.15) is 44.7 Å². The van der Waals surface area contributed by atoms with Crippen molar-refractivity contribution in [1.29, 1.82) is 0 Å². The van der Waals surface area contributed by atoms with E-state index >= 15 is 0 Å². The Morgan fingerprint density at radius 2 is 2.00 bits per heavy atom. The quantitative estimate of drug-likeness (QED) is 0.828. The first kappa shape index (κ1) is 12.9. The summed E-state index contributed by atoms with van der Waals surface area (Å²) in [6, 6.07) is 8.15. The Morgan fingerprint density at radius 1 is 1.24 bits per heavy atom. The summed E-state index contributed by atoms with van der Waals surface area (Å²) in [4.78, 5) is 0. The minimum absolute atomic E-state index is 0.142. The van der Waals surface area contributed by atoms with Crippen molar-refractivity contribution in [1.82, 2.24) is 0 Å². The van der Waals surface area contributed by atoms with Crippen LogP contribution in [0.3, 0.4) is 0 Å². The monoisotopic (exact) mass is 251 g/mol. The predicted octanol–water partition coefficient (Wildman–Crippen LogP) is 4.41. The molecular weight excluding hydrogens is 230 g/mol. The van der Waals surface area contributed by atoms with E-state index in [4.69, 9.17) is 17.3 Å². The fourth-order valence-electron chi connectivity index (χ4n) is 2.90. The maximum atomic E-state index is 6.39. The second kappa shape index (κ2) is 5.41. The molecule has 1 saturated carbocycles. The molecular formula is C15H22ClN. The van der Waals surface area contributed by atoms with Gasteiger partial charge in [0.15, 0.2) is 0 Å². The third-order valence-electron chi connectivity index (χ3n) is 4.38. The summed E-state index contributed by atoms with van der Waals surface area (Å²) in [6.07, 6.45) is 3.80. The van der Waals surface area contributed by atoms with Gasteiger partial charge < -0.3 is 5.73 Å². The van der Waals surface area contributed by atoms with Crippen LogP contribution >= 0.6 is 11.6 Å². The van der Waals surface area contributed by atoms with E-state index < -0.39 is 0 Å². The van der Waals surface area contributed by atoms with Crippen molar-refractivity contribution in [2.75, 3.05) is 0 Å². The maximum Gasteiger partial charge on any atom is 0.0409 e. The first-order valence-corrected chi connectivity index (χ1v) is 6.96. The maximum absolute atomic E-state index is 6.39. The molecule has 4 unspecified atom stereocenters. The number of hydrogen-bond donors (Lipinski definition) is 1. The third-order valence-corrected chi connectivity index (χ3v) is 4.62. The lowest BCUT2D eigenvalue weighted by Crippen LogP contribution is -2.29. The highest BCUT2D eigenvalue weighted by molar-refractivity contribution is 6.30. The van der Waals surface area contributed by atoms with Gasteiger partial charge in [0.05, 0.1) is 0 Å². The number of hydrogen-bond acceptors (Lipinski definition) is 1. The summed E-state index contributed by atoms with van der Waals surface area (Å²) in [5.74, 6) is 2.25. The molecule has 94 valence electrons. The number of halogens is 1. The van der Waals surface area contributed by atoms with Gasteiger partial charge in [-0.2, -0.15) is 0 Å². The van der Waals surface area contributed by atoms with Crippen LogP contribution in [0.2, 0.25) is 5.02 Å². The van der Waals surface area contributed by atoms with Crippen molar-refractivity contribution >= 4 is 11.6 Å². The van der Waals surface area contributed by atoms with Crippen molar-refractivity contribution in [3.8, 4) is 0 Å². The predicted molar refractivity (Wildman–Crippen MR) is 74.0 cm³/mol. The normalized spacial score (nSPS) is 31.2. The van der Waals surface area contributed by atoms with E-state index in [2.05, 4.69) is 19.9 Å². The van der Waals surface area contributed by atoms with E-state index in [1.807, 2.05) is 18.2 Å². The number of benzene rings is 1. The Labute approximate surface area is 109 Å². The fraction of sp³-hybridized carbons (Fsp3) is 0.600. The topological polar surface area (TPSA) is 26.0 Å². The molecule has 0 saturated heterocycles. The van der Waals surface area contributed by atoms with E-state index in [1.165, 1.54) is 24.8 Å². The average Bonchev–Trinajstić information content (AvgIpc) is 2.32. The van der Waals surface area contributed by atoms with Crippen LogP contribution in [0.15, 0.2) is 24.3 Å². The molecule has 1 aromatic carbocycles. The molecule has 0 aromatic heterocycles. The SMILES string of the molecule is CC1CCC(C(N)c2cccc(Cl)c2)CC1C. The van der Waals surface area contributed by atoms with Crippen LogP contribution in [0.5, 0.6) is 0 Å². The van der Waals surface area contributed by atoms with Gasteiger partial charge in [-0.1, -0.05) is 44.0 Å². The van der Waals surface area contributed by atoms with Gasteiger partial charge in [0.1, 0.15) is 0 Å². The summed E-state index contributed by atoms with van der Waals surface area (Å²) < 4.78 is 0. The largest absolute Gasteiger partial charge is 0.324 e. The molecule has 2 rings (SSSR count). The van der Waals surface area contributed by atoms with Gasteiger partial charge in [-0.15, -0.1) is 0 Å². The smallest absolute Gasteiger partial charge is 0.0409 e. The highest BCUT2D eigenvalue weighted by Crippen LogP contribution is 2.39. The fourth-order valence-corrected chi connectivity index (χ4v) is 3.10. The molecule has 1 aliphatic carbocycles. The van der Waals surface area contributed by atoms with Crippen LogP contribution in [-0.4, -0.2) is 0 Å². The first-order chi connectivity index (χ1) is 8.08. The molecule has 17 heavy (non-hydrogen) atoms. The molecule has 0 radical (unpaired) electrons. The number of rotatable bonds is 2. The zero-order valence-electron chi connectivity index (χ0n) is 10.7. The van der Waals surface area contributed by atoms with Gasteiger partial charge >= 0.3 is 0 Å². The summed E-state index contributed by atoms with van der Waals surface area (Å²) in [5, 5.41) is 0.787. The van der Waals surface area contributed by atoms with E-state index in [0.29, 0.717) is 5.92 Å². The van der Waals surface area contributed by atoms with Gasteiger partial charge in [0, 0.05) is 11.1 Å². The second-order valence-corrected chi connectivity index (χ2v) is 6.04. The van der Waals surface area contributed by atoms with E-state index in [0.717, 1.165) is 16.9 Å². The molecule has 0 bridgehead atoms. The van der Waals surface area contributed by atoms with Crippen LogP contribution < -0.4 is 5.73 Å². The Bertz CT molecular complexity index is 377. The Kier molecular flexibility index (Phi) is 4.11. The molecule has 0 amide bonds. The lowest BCUT2D eigenvalue weighted by atomic mass is 9.72. The molecule has 2 heteroatoms. The molecule has 2 N–H and O–H groups in total. The molecule has 1 nitrogen and oxygen atoms in total. The standard InChI is InChI=1S/C15H22ClN/c1-10-6-7-13(8-11(10)2)15(17)12-4-3-5-14(16)9-12/h3-5,9-11,13,15H,6-8,17H2,1-2H3. The van der Waals surface area contributed by atoms with Gasteiger partial charge in [0.2, 0.25) is 0 Å². The molecule has 0 aliphatic heterocycles. The van der Waals surface area contributed by atoms with E-state index in [1.54, 1.807) is 0 Å². The van der Waals surface area contributed by atoms with Crippen molar-refractivity contribution in [3.63, 3.8) is 0 Å².